The van der Waals surface area contributed by atoms with Crippen LogP contribution in [0.5, 0.6) is 0 Å². The molecule has 0 amide bonds. The van der Waals surface area contributed by atoms with Crippen molar-refractivity contribution in [3.05, 3.63) is 64.7 Å². The van der Waals surface area contributed by atoms with Crippen molar-refractivity contribution >= 4 is 56.6 Å². The van der Waals surface area contributed by atoms with Crippen LogP contribution in [0, 0.1) is 6.92 Å². The average Bonchev–Trinajstić information content (AvgIpc) is 3.64. The van der Waals surface area contributed by atoms with Gasteiger partial charge in [0.2, 0.25) is 0 Å². The summed E-state index contributed by atoms with van der Waals surface area (Å²) in [6, 6.07) is 12.7. The number of rotatable bonds is 10. The van der Waals surface area contributed by atoms with Gasteiger partial charge in [-0.3, -0.25) is 0 Å². The van der Waals surface area contributed by atoms with Crippen molar-refractivity contribution in [2.75, 3.05) is 11.5 Å². The van der Waals surface area contributed by atoms with E-state index in [-0.39, 0.29) is 28.4 Å². The van der Waals surface area contributed by atoms with Crippen LogP contribution in [0.15, 0.2) is 54.3 Å². The minimum absolute atomic E-state index is 0.0155. The van der Waals surface area contributed by atoms with Gasteiger partial charge in [-0.15, -0.1) is 11.3 Å². The number of thiophene rings is 1. The van der Waals surface area contributed by atoms with Crippen LogP contribution >= 0.6 is 23.1 Å². The standard InChI is InChI=1S/C35H52N4O3S2Si2/c1-23-26(27(20-44-23)24-15-13-12-14-16-24)19-43-21-28-29(41-45(8,9)34(2,3)4)30(42-46(10,11)35(5,6)7)33(40-28)39-18-17-25-31(36)37-22-38-32(25)39/h12-18,20,22,28-30,33H,19,21H2,1-11H3,(H2,36,37,38)/t28-,29-,30-,33-/m1/s1. The third kappa shape index (κ3) is 7.06. The number of thioether (sulfide) groups is 1. The molecule has 1 aliphatic heterocycles. The van der Waals surface area contributed by atoms with Crippen molar-refractivity contribution in [1.82, 2.24) is 14.5 Å². The van der Waals surface area contributed by atoms with Gasteiger partial charge in [-0.25, -0.2) is 9.97 Å². The van der Waals surface area contributed by atoms with Crippen molar-refractivity contribution in [2.45, 2.75) is 115 Å². The van der Waals surface area contributed by atoms with Gasteiger partial charge in [-0.2, -0.15) is 11.8 Å². The van der Waals surface area contributed by atoms with E-state index in [2.05, 4.69) is 125 Å². The lowest BCUT2D eigenvalue weighted by atomic mass is 10.0. The zero-order valence-corrected chi connectivity index (χ0v) is 33.0. The van der Waals surface area contributed by atoms with Gasteiger partial charge in [0.05, 0.1) is 11.5 Å². The second kappa shape index (κ2) is 13.1. The van der Waals surface area contributed by atoms with E-state index in [1.165, 1.54) is 27.9 Å². The minimum Gasteiger partial charge on any atom is -0.408 e. The van der Waals surface area contributed by atoms with Gasteiger partial charge in [0.15, 0.2) is 22.9 Å². The number of fused-ring (bicyclic) bond motifs is 1. The molecule has 1 fully saturated rings. The van der Waals surface area contributed by atoms with E-state index in [0.717, 1.165) is 22.5 Å². The average molecular weight is 697 g/mol. The van der Waals surface area contributed by atoms with Crippen LogP contribution in [0.25, 0.3) is 22.2 Å². The molecule has 0 saturated carbocycles. The summed E-state index contributed by atoms with van der Waals surface area (Å²) in [5.41, 5.74) is 11.0. The molecule has 4 aromatic rings. The van der Waals surface area contributed by atoms with E-state index in [1.807, 2.05) is 35.4 Å². The van der Waals surface area contributed by atoms with Crippen molar-refractivity contribution in [1.29, 1.82) is 0 Å². The molecule has 1 aromatic carbocycles. The Labute approximate surface area is 285 Å². The van der Waals surface area contributed by atoms with Crippen molar-refractivity contribution < 1.29 is 13.6 Å². The van der Waals surface area contributed by atoms with Gasteiger partial charge >= 0.3 is 0 Å². The number of aromatic nitrogens is 3. The first kappa shape index (κ1) is 35.3. The normalized spacial score (nSPS) is 21.4. The first-order valence-electron chi connectivity index (χ1n) is 16.2. The van der Waals surface area contributed by atoms with Crippen LogP contribution in [0.2, 0.25) is 36.3 Å². The Kier molecular flexibility index (Phi) is 10.1. The maximum atomic E-state index is 7.34. The molecule has 250 valence electrons. The number of anilines is 1. The molecule has 1 saturated heterocycles. The van der Waals surface area contributed by atoms with Crippen LogP contribution in [0.4, 0.5) is 5.82 Å². The van der Waals surface area contributed by atoms with E-state index in [0.29, 0.717) is 5.82 Å². The predicted molar refractivity (Wildman–Crippen MR) is 201 cm³/mol. The second-order valence-corrected chi connectivity index (χ2v) is 27.2. The second-order valence-electron chi connectivity index (χ2n) is 15.5. The maximum Gasteiger partial charge on any atom is 0.192 e. The summed E-state index contributed by atoms with van der Waals surface area (Å²) in [6.07, 6.45) is 2.41. The molecule has 3 aromatic heterocycles. The monoisotopic (exact) mass is 696 g/mol. The molecule has 0 radical (unpaired) electrons. The van der Waals surface area contributed by atoms with Crippen LogP contribution < -0.4 is 5.73 Å². The fourth-order valence-corrected chi connectivity index (χ4v) is 10.1. The largest absolute Gasteiger partial charge is 0.408 e. The maximum absolute atomic E-state index is 7.34. The van der Waals surface area contributed by atoms with Crippen LogP contribution in [-0.2, 0) is 19.3 Å². The van der Waals surface area contributed by atoms with E-state index in [9.17, 15) is 0 Å². The molecular formula is C35H52N4O3S2Si2. The van der Waals surface area contributed by atoms with Gasteiger partial charge in [-0.1, -0.05) is 71.9 Å². The SMILES string of the molecule is Cc1scc(-c2ccccc2)c1CSC[C@H]1O[C@@H](n2ccc3c(N)ncnc32)[C@H](O[Si](C)(C)C(C)(C)C)[C@@H]1O[Si](C)(C)C(C)(C)C. The minimum atomic E-state index is -2.24. The Bertz CT molecular complexity index is 1640. The number of hydrogen-bond acceptors (Lipinski definition) is 8. The van der Waals surface area contributed by atoms with Crippen molar-refractivity contribution in [3.63, 3.8) is 0 Å². The smallest absolute Gasteiger partial charge is 0.192 e. The Morgan fingerprint density at radius 3 is 2.20 bits per heavy atom. The third-order valence-corrected chi connectivity index (χ3v) is 21.2. The summed E-state index contributed by atoms with van der Waals surface area (Å²) in [6.45, 7) is 25.3. The Hall–Kier alpha value is -2.00. The van der Waals surface area contributed by atoms with Gasteiger partial charge < -0.3 is 23.9 Å². The number of nitrogens with zero attached hydrogens (tertiary/aromatic N) is 3. The molecule has 0 aliphatic carbocycles. The van der Waals surface area contributed by atoms with Crippen LogP contribution in [-0.4, -0.2) is 55.2 Å². The molecule has 1 aliphatic rings. The number of aryl methyl sites for hydroxylation is 1. The lowest BCUT2D eigenvalue weighted by molar-refractivity contribution is -0.0244. The van der Waals surface area contributed by atoms with Gasteiger partial charge in [0.1, 0.15) is 30.0 Å². The van der Waals surface area contributed by atoms with Gasteiger partial charge in [-0.05, 0) is 71.3 Å². The fraction of sp³-hybridized carbons (Fsp3) is 0.543. The van der Waals surface area contributed by atoms with E-state index in [1.54, 1.807) is 0 Å². The predicted octanol–water partition coefficient (Wildman–Crippen LogP) is 9.66. The van der Waals surface area contributed by atoms with E-state index >= 15 is 0 Å². The highest BCUT2D eigenvalue weighted by Gasteiger charge is 2.54. The van der Waals surface area contributed by atoms with E-state index < -0.39 is 22.9 Å². The Morgan fingerprint density at radius 1 is 0.935 bits per heavy atom. The molecule has 0 bridgehead atoms. The summed E-state index contributed by atoms with van der Waals surface area (Å²) in [5.74, 6) is 2.15. The molecule has 4 heterocycles. The van der Waals surface area contributed by atoms with E-state index in [4.69, 9.17) is 19.3 Å². The quantitative estimate of drug-likeness (QED) is 0.165. The highest BCUT2D eigenvalue weighted by atomic mass is 32.2. The molecule has 0 unspecified atom stereocenters. The first-order valence-corrected chi connectivity index (χ1v) is 24.0. The lowest BCUT2D eigenvalue weighted by Gasteiger charge is -2.44. The topological polar surface area (TPSA) is 84.4 Å². The van der Waals surface area contributed by atoms with Crippen LogP contribution in [0.3, 0.4) is 0 Å². The Balaban J connectivity index is 1.52. The summed E-state index contributed by atoms with van der Waals surface area (Å²) < 4.78 is 23.9. The Morgan fingerprint density at radius 2 is 1.57 bits per heavy atom. The number of benzene rings is 1. The van der Waals surface area contributed by atoms with Crippen molar-refractivity contribution in [2.24, 2.45) is 0 Å². The summed E-state index contributed by atoms with van der Waals surface area (Å²) in [4.78, 5) is 10.2. The third-order valence-electron chi connectivity index (χ3n) is 10.3. The summed E-state index contributed by atoms with van der Waals surface area (Å²) in [7, 11) is -4.46. The number of nitrogens with two attached hydrogens (primary N) is 1. The zero-order valence-electron chi connectivity index (χ0n) is 29.4. The number of ether oxygens (including phenoxy) is 1. The molecule has 7 nitrogen and oxygen atoms in total. The van der Waals surface area contributed by atoms with Gasteiger partial charge in [0.25, 0.3) is 0 Å². The molecule has 5 rings (SSSR count). The molecule has 11 heteroatoms. The molecule has 4 atom stereocenters. The number of nitrogen functional groups attached to an aromatic ring is 1. The van der Waals surface area contributed by atoms with Crippen molar-refractivity contribution in [3.8, 4) is 11.1 Å². The molecular weight excluding hydrogens is 645 g/mol. The van der Waals surface area contributed by atoms with Gasteiger partial charge in [0, 0.05) is 22.6 Å². The highest BCUT2D eigenvalue weighted by molar-refractivity contribution is 7.98. The first-order chi connectivity index (χ1) is 21.4. The van der Waals surface area contributed by atoms with Crippen LogP contribution in [0.1, 0.15) is 58.2 Å². The summed E-state index contributed by atoms with van der Waals surface area (Å²) in [5, 5.41) is 3.16. The summed E-state index contributed by atoms with van der Waals surface area (Å²) >= 11 is 3.74. The fourth-order valence-electron chi connectivity index (χ4n) is 5.36. The number of hydrogen-bond donors (Lipinski definition) is 1. The lowest BCUT2D eigenvalue weighted by Crippen LogP contribution is -2.53. The molecule has 2 N–H and O–H groups in total. The zero-order chi connectivity index (χ0) is 33.7. The molecule has 46 heavy (non-hydrogen) atoms. The highest BCUT2D eigenvalue weighted by Crippen LogP contribution is 2.47. The molecule has 0 spiro atoms.